The number of likely N-dealkylation sites (tertiary alicyclic amines) is 1. The van der Waals surface area contributed by atoms with Gasteiger partial charge in [0.2, 0.25) is 5.91 Å². The van der Waals surface area contributed by atoms with Gasteiger partial charge in [-0.05, 0) is 25.7 Å². The van der Waals surface area contributed by atoms with E-state index in [9.17, 15) is 9.59 Å². The Balaban J connectivity index is 1.86. The van der Waals surface area contributed by atoms with Crippen LogP contribution < -0.4 is 0 Å². The number of aryl methyl sites for hydroxylation is 1. The van der Waals surface area contributed by atoms with E-state index in [0.29, 0.717) is 19.4 Å². The largest absolute Gasteiger partial charge is 0.481 e. The molecule has 1 aromatic heterocycles. The fourth-order valence-corrected chi connectivity index (χ4v) is 2.62. The smallest absolute Gasteiger partial charge is 0.303 e. The van der Waals surface area contributed by atoms with Crippen LogP contribution in [0.15, 0.2) is 12.7 Å². The highest BCUT2D eigenvalue weighted by atomic mass is 16.4. The van der Waals surface area contributed by atoms with Crippen LogP contribution in [-0.2, 0) is 16.1 Å². The van der Waals surface area contributed by atoms with Crippen molar-refractivity contribution in [1.82, 2.24) is 19.7 Å². The number of carboxylic acid groups (broad SMARTS) is 1. The second kappa shape index (κ2) is 7.02. The molecule has 0 saturated carbocycles. The maximum absolute atomic E-state index is 12.3. The van der Waals surface area contributed by atoms with E-state index in [0.717, 1.165) is 25.8 Å². The van der Waals surface area contributed by atoms with E-state index < -0.39 is 5.97 Å². The van der Waals surface area contributed by atoms with Crippen LogP contribution in [0.2, 0.25) is 0 Å². The number of hydrogen-bond acceptors (Lipinski definition) is 4. The third kappa shape index (κ3) is 4.04. The fourth-order valence-electron chi connectivity index (χ4n) is 2.62. The predicted octanol–water partition coefficient (Wildman–Crippen LogP) is 0.914. The number of nitrogens with zero attached hydrogens (tertiary/aromatic N) is 4. The Morgan fingerprint density at radius 2 is 2.15 bits per heavy atom. The molecule has 0 aromatic carbocycles. The molecule has 0 aliphatic carbocycles. The van der Waals surface area contributed by atoms with Gasteiger partial charge in [-0.25, -0.2) is 4.98 Å². The van der Waals surface area contributed by atoms with E-state index in [1.165, 1.54) is 6.33 Å². The van der Waals surface area contributed by atoms with Crippen molar-refractivity contribution in [3.63, 3.8) is 0 Å². The SMILES string of the molecule is O=C(O)CCC1CCCCN1C(=O)CCn1cncn1. The number of aliphatic carboxylic acids is 1. The standard InChI is InChI=1S/C13H20N4O3/c18-12(6-8-16-10-14-9-15-16)17-7-2-1-3-11(17)4-5-13(19)20/h9-11H,1-8H2,(H,19,20). The summed E-state index contributed by atoms with van der Waals surface area (Å²) in [7, 11) is 0. The minimum Gasteiger partial charge on any atom is -0.481 e. The fraction of sp³-hybridized carbons (Fsp3) is 0.692. The van der Waals surface area contributed by atoms with E-state index in [1.54, 1.807) is 11.0 Å². The van der Waals surface area contributed by atoms with E-state index in [-0.39, 0.29) is 18.4 Å². The second-order valence-electron chi connectivity index (χ2n) is 5.08. The molecule has 7 nitrogen and oxygen atoms in total. The highest BCUT2D eigenvalue weighted by Crippen LogP contribution is 2.21. The average molecular weight is 280 g/mol. The van der Waals surface area contributed by atoms with Crippen LogP contribution in [0, 0.1) is 0 Å². The van der Waals surface area contributed by atoms with E-state index in [2.05, 4.69) is 10.1 Å². The highest BCUT2D eigenvalue weighted by Gasteiger charge is 2.26. The van der Waals surface area contributed by atoms with Gasteiger partial charge >= 0.3 is 5.97 Å². The zero-order valence-corrected chi connectivity index (χ0v) is 11.4. The molecule has 1 aromatic rings. The van der Waals surface area contributed by atoms with Gasteiger partial charge < -0.3 is 10.0 Å². The highest BCUT2D eigenvalue weighted by molar-refractivity contribution is 5.76. The molecule has 1 aliphatic rings. The minimum atomic E-state index is -0.800. The third-order valence-electron chi connectivity index (χ3n) is 3.66. The zero-order chi connectivity index (χ0) is 14.4. The van der Waals surface area contributed by atoms with Crippen LogP contribution in [0.1, 0.15) is 38.5 Å². The topological polar surface area (TPSA) is 88.3 Å². The molecule has 1 saturated heterocycles. The maximum atomic E-state index is 12.3. The van der Waals surface area contributed by atoms with E-state index >= 15 is 0 Å². The van der Waals surface area contributed by atoms with Crippen LogP contribution in [-0.4, -0.2) is 49.2 Å². The lowest BCUT2D eigenvalue weighted by Crippen LogP contribution is -2.44. The first-order valence-corrected chi connectivity index (χ1v) is 7.00. The van der Waals surface area contributed by atoms with Gasteiger partial charge in [-0.3, -0.25) is 14.3 Å². The summed E-state index contributed by atoms with van der Waals surface area (Å²) < 4.78 is 1.63. The molecule has 2 rings (SSSR count). The van der Waals surface area contributed by atoms with Gasteiger partial charge in [-0.2, -0.15) is 5.10 Å². The molecule has 1 fully saturated rings. The van der Waals surface area contributed by atoms with Crippen molar-refractivity contribution < 1.29 is 14.7 Å². The number of amides is 1. The van der Waals surface area contributed by atoms with Gasteiger partial charge in [0, 0.05) is 25.4 Å². The van der Waals surface area contributed by atoms with Crippen molar-refractivity contribution in [2.45, 2.75) is 51.1 Å². The van der Waals surface area contributed by atoms with Crippen molar-refractivity contribution in [3.05, 3.63) is 12.7 Å². The quantitative estimate of drug-likeness (QED) is 0.837. The van der Waals surface area contributed by atoms with Gasteiger partial charge in [0.25, 0.3) is 0 Å². The number of rotatable bonds is 6. The first-order valence-electron chi connectivity index (χ1n) is 7.00. The van der Waals surface area contributed by atoms with Crippen LogP contribution in [0.25, 0.3) is 0 Å². The zero-order valence-electron chi connectivity index (χ0n) is 11.4. The summed E-state index contributed by atoms with van der Waals surface area (Å²) in [5.74, 6) is -0.721. The lowest BCUT2D eigenvalue weighted by atomic mass is 9.97. The first kappa shape index (κ1) is 14.5. The van der Waals surface area contributed by atoms with Gasteiger partial charge in [-0.1, -0.05) is 0 Å². The minimum absolute atomic E-state index is 0.0723. The molecular weight excluding hydrogens is 260 g/mol. The summed E-state index contributed by atoms with van der Waals surface area (Å²) in [6, 6.07) is 0.0723. The van der Waals surface area contributed by atoms with Gasteiger partial charge in [-0.15, -0.1) is 0 Å². The van der Waals surface area contributed by atoms with Gasteiger partial charge in [0.05, 0.1) is 6.54 Å². The summed E-state index contributed by atoms with van der Waals surface area (Å²) in [6.07, 6.45) is 7.05. The number of carboxylic acids is 1. The van der Waals surface area contributed by atoms with E-state index in [4.69, 9.17) is 5.11 Å². The molecule has 1 unspecified atom stereocenters. The molecule has 0 bridgehead atoms. The summed E-state index contributed by atoms with van der Waals surface area (Å²) in [6.45, 7) is 1.25. The molecule has 0 spiro atoms. The van der Waals surface area contributed by atoms with Crippen molar-refractivity contribution in [2.75, 3.05) is 6.54 Å². The number of hydrogen-bond donors (Lipinski definition) is 1. The summed E-state index contributed by atoms with van der Waals surface area (Å²) >= 11 is 0. The number of piperidine rings is 1. The van der Waals surface area contributed by atoms with Crippen LogP contribution in [0.3, 0.4) is 0 Å². The Bertz CT molecular complexity index is 446. The van der Waals surface area contributed by atoms with Crippen LogP contribution in [0.4, 0.5) is 0 Å². The third-order valence-corrected chi connectivity index (χ3v) is 3.66. The summed E-state index contributed by atoms with van der Waals surface area (Å²) in [4.78, 5) is 28.6. The number of carbonyl (C=O) groups is 2. The maximum Gasteiger partial charge on any atom is 0.303 e. The molecule has 1 N–H and O–H groups in total. The number of aromatic nitrogens is 3. The van der Waals surface area contributed by atoms with Crippen molar-refractivity contribution in [3.8, 4) is 0 Å². The average Bonchev–Trinajstić information content (AvgIpc) is 2.96. The van der Waals surface area contributed by atoms with Gasteiger partial charge in [0.1, 0.15) is 12.7 Å². The molecule has 110 valence electrons. The molecule has 1 amide bonds. The number of carbonyl (C=O) groups excluding carboxylic acids is 1. The predicted molar refractivity (Wildman–Crippen MR) is 70.9 cm³/mol. The Morgan fingerprint density at radius 3 is 2.85 bits per heavy atom. The lowest BCUT2D eigenvalue weighted by molar-refractivity contribution is -0.140. The van der Waals surface area contributed by atoms with Crippen LogP contribution >= 0.6 is 0 Å². The monoisotopic (exact) mass is 280 g/mol. The van der Waals surface area contributed by atoms with E-state index in [1.807, 2.05) is 4.90 Å². The molecule has 20 heavy (non-hydrogen) atoms. The Hall–Kier alpha value is -1.92. The second-order valence-corrected chi connectivity index (χ2v) is 5.08. The molecule has 1 aliphatic heterocycles. The Morgan fingerprint density at radius 1 is 1.30 bits per heavy atom. The Labute approximate surface area is 117 Å². The van der Waals surface area contributed by atoms with Crippen LogP contribution in [0.5, 0.6) is 0 Å². The summed E-state index contributed by atoms with van der Waals surface area (Å²) in [5.41, 5.74) is 0. The van der Waals surface area contributed by atoms with Gasteiger partial charge in [0.15, 0.2) is 0 Å². The van der Waals surface area contributed by atoms with Crippen molar-refractivity contribution >= 4 is 11.9 Å². The molecule has 0 radical (unpaired) electrons. The Kier molecular flexibility index (Phi) is 5.09. The lowest BCUT2D eigenvalue weighted by Gasteiger charge is -2.35. The van der Waals surface area contributed by atoms with Crippen molar-refractivity contribution in [1.29, 1.82) is 0 Å². The normalized spacial score (nSPS) is 19.0. The summed E-state index contributed by atoms with van der Waals surface area (Å²) in [5, 5.41) is 12.7. The molecule has 2 heterocycles. The molecular formula is C13H20N4O3. The van der Waals surface area contributed by atoms with Crippen molar-refractivity contribution in [2.24, 2.45) is 0 Å². The molecule has 1 atom stereocenters. The first-order chi connectivity index (χ1) is 9.66. The molecule has 7 heteroatoms.